The van der Waals surface area contributed by atoms with Gasteiger partial charge in [-0.25, -0.2) is 0 Å². The molecule has 1 aliphatic rings. The number of rotatable bonds is 0. The van der Waals surface area contributed by atoms with E-state index in [-0.39, 0.29) is 5.92 Å². The molecule has 50 valence electrons. The van der Waals surface area contributed by atoms with E-state index in [9.17, 15) is 0 Å². The van der Waals surface area contributed by atoms with Crippen LogP contribution in [0.25, 0.3) is 0 Å². The molecule has 0 aromatic carbocycles. The van der Waals surface area contributed by atoms with Crippen LogP contribution in [0.15, 0.2) is 0 Å². The van der Waals surface area contributed by atoms with E-state index < -0.39 is 0 Å². The van der Waals surface area contributed by atoms with Crippen molar-refractivity contribution in [2.75, 3.05) is 6.54 Å². The molecule has 0 aliphatic carbocycles. The van der Waals surface area contributed by atoms with Gasteiger partial charge in [0, 0.05) is 0 Å². The third-order valence-electron chi connectivity index (χ3n) is 2.05. The Morgan fingerprint density at radius 3 is 2.67 bits per heavy atom. The maximum atomic E-state index is 8.55. The molecule has 1 heterocycles. The molecule has 0 aromatic rings. The molecule has 1 fully saturated rings. The molecular formula is C7H11N2-. The lowest BCUT2D eigenvalue weighted by atomic mass is 10.0. The maximum absolute atomic E-state index is 8.55. The zero-order valence-electron chi connectivity index (χ0n) is 5.67. The van der Waals surface area contributed by atoms with Gasteiger partial charge in [-0.05, 0) is 19.0 Å². The van der Waals surface area contributed by atoms with E-state index in [2.05, 4.69) is 13.1 Å². The van der Waals surface area contributed by atoms with Gasteiger partial charge in [-0.1, -0.05) is 6.92 Å². The molecule has 9 heavy (non-hydrogen) atoms. The highest BCUT2D eigenvalue weighted by Crippen LogP contribution is 2.21. The van der Waals surface area contributed by atoms with E-state index >= 15 is 0 Å². The van der Waals surface area contributed by atoms with Gasteiger partial charge in [-0.3, -0.25) is 7.05 Å². The van der Waals surface area contributed by atoms with Gasteiger partial charge in [0.05, 0.1) is 12.0 Å². The lowest BCUT2D eigenvalue weighted by Gasteiger charge is -2.23. The zero-order chi connectivity index (χ0) is 6.85. The highest BCUT2D eigenvalue weighted by atomic mass is 15.1. The average Bonchev–Trinajstić information content (AvgIpc) is 2.15. The van der Waals surface area contributed by atoms with Crippen LogP contribution >= 0.6 is 0 Å². The molecule has 0 radical (unpaired) electrons. The summed E-state index contributed by atoms with van der Waals surface area (Å²) in [4.78, 5) is 1.98. The normalized spacial score (nSPS) is 36.6. The number of hydrogen-bond donors (Lipinski definition) is 0. The molecule has 0 unspecified atom stereocenters. The first-order chi connectivity index (χ1) is 4.25. The summed E-state index contributed by atoms with van der Waals surface area (Å²) in [6.45, 7) is 3.02. The fraction of sp³-hybridized carbons (Fsp3) is 0.714. The van der Waals surface area contributed by atoms with E-state index in [0.717, 1.165) is 13.0 Å². The van der Waals surface area contributed by atoms with Crippen LogP contribution in [0.3, 0.4) is 0 Å². The van der Waals surface area contributed by atoms with Crippen molar-refractivity contribution in [3.8, 4) is 6.07 Å². The molecule has 2 heteroatoms. The van der Waals surface area contributed by atoms with Crippen LogP contribution in [0.4, 0.5) is 0 Å². The second kappa shape index (κ2) is 2.36. The highest BCUT2D eigenvalue weighted by Gasteiger charge is 2.23. The van der Waals surface area contributed by atoms with Crippen LogP contribution in [0.5, 0.6) is 0 Å². The summed E-state index contributed by atoms with van der Waals surface area (Å²) in [7, 11) is 3.80. The fourth-order valence-corrected chi connectivity index (χ4v) is 1.18. The van der Waals surface area contributed by atoms with Crippen molar-refractivity contribution in [3.05, 3.63) is 7.05 Å². The minimum Gasteiger partial charge on any atom is -0.456 e. The second-order valence-corrected chi connectivity index (χ2v) is 2.58. The average molecular weight is 123 g/mol. The zero-order valence-corrected chi connectivity index (χ0v) is 5.67. The fourth-order valence-electron chi connectivity index (χ4n) is 1.18. The molecule has 0 saturated carbocycles. The molecule has 0 N–H and O–H groups in total. The SMILES string of the molecule is [CH2-]N1CC[C@H](C#N)[C@@H]1C. The summed E-state index contributed by atoms with van der Waals surface area (Å²) in [5.74, 6) is 0.211. The Morgan fingerprint density at radius 1 is 1.78 bits per heavy atom. The largest absolute Gasteiger partial charge is 0.456 e. The number of likely N-dealkylation sites (tertiary alicyclic amines) is 1. The van der Waals surface area contributed by atoms with Crippen LogP contribution in [0.1, 0.15) is 13.3 Å². The summed E-state index contributed by atoms with van der Waals surface area (Å²) >= 11 is 0. The quantitative estimate of drug-likeness (QED) is 0.449. The van der Waals surface area contributed by atoms with Crippen molar-refractivity contribution in [3.63, 3.8) is 0 Å². The summed E-state index contributed by atoms with van der Waals surface area (Å²) in [6, 6.07) is 2.62. The standard InChI is InChI=1S/C7H11N2/c1-6-7(5-8)3-4-9(6)2/h6-7H,2-4H2,1H3/q-1/t6-,7+/m0/s1. The van der Waals surface area contributed by atoms with Gasteiger partial charge in [-0.15, -0.1) is 0 Å². The smallest absolute Gasteiger partial charge is 0.0671 e. The van der Waals surface area contributed by atoms with E-state index in [1.165, 1.54) is 0 Å². The summed E-state index contributed by atoms with van der Waals surface area (Å²) in [5, 5.41) is 8.55. The monoisotopic (exact) mass is 123 g/mol. The Bertz CT molecular complexity index is 136. The van der Waals surface area contributed by atoms with Crippen molar-refractivity contribution in [1.29, 1.82) is 5.26 Å². The first-order valence-electron chi connectivity index (χ1n) is 3.22. The van der Waals surface area contributed by atoms with Gasteiger partial charge < -0.3 is 4.90 Å². The first kappa shape index (κ1) is 6.57. The number of nitrogens with zero attached hydrogens (tertiary/aromatic N) is 2. The summed E-state index contributed by atoms with van der Waals surface area (Å²) < 4.78 is 0. The van der Waals surface area contributed by atoms with Crippen molar-refractivity contribution >= 4 is 0 Å². The van der Waals surface area contributed by atoms with E-state index in [1.807, 2.05) is 11.8 Å². The van der Waals surface area contributed by atoms with Gasteiger partial charge in [0.25, 0.3) is 0 Å². The summed E-state index contributed by atoms with van der Waals surface area (Å²) in [6.07, 6.45) is 0.987. The third-order valence-corrected chi connectivity index (χ3v) is 2.05. The van der Waals surface area contributed by atoms with Crippen LogP contribution in [-0.2, 0) is 0 Å². The molecule has 2 nitrogen and oxygen atoms in total. The van der Waals surface area contributed by atoms with Crippen molar-refractivity contribution < 1.29 is 0 Å². The maximum Gasteiger partial charge on any atom is 0.0671 e. The van der Waals surface area contributed by atoms with E-state index in [1.54, 1.807) is 0 Å². The van der Waals surface area contributed by atoms with Crippen LogP contribution in [-0.4, -0.2) is 17.5 Å². The number of hydrogen-bond acceptors (Lipinski definition) is 2. The Labute approximate surface area is 56.1 Å². The molecule has 1 rings (SSSR count). The van der Waals surface area contributed by atoms with Gasteiger partial charge in [0.15, 0.2) is 0 Å². The molecular weight excluding hydrogens is 112 g/mol. The second-order valence-electron chi connectivity index (χ2n) is 2.58. The molecule has 1 aliphatic heterocycles. The Morgan fingerprint density at radius 2 is 2.44 bits per heavy atom. The van der Waals surface area contributed by atoms with E-state index in [4.69, 9.17) is 5.26 Å². The van der Waals surface area contributed by atoms with Crippen molar-refractivity contribution in [2.24, 2.45) is 5.92 Å². The predicted octanol–water partition coefficient (Wildman–Crippen LogP) is 1.01. The number of nitriles is 1. The topological polar surface area (TPSA) is 27.0 Å². The molecule has 0 aromatic heterocycles. The minimum atomic E-state index is 0.211. The van der Waals surface area contributed by atoms with Gasteiger partial charge in [-0.2, -0.15) is 5.26 Å². The van der Waals surface area contributed by atoms with Gasteiger partial charge in [0.2, 0.25) is 0 Å². The minimum absolute atomic E-state index is 0.211. The molecule has 0 bridgehead atoms. The van der Waals surface area contributed by atoms with Crippen LogP contribution < -0.4 is 0 Å². The molecule has 1 saturated heterocycles. The Kier molecular flexibility index (Phi) is 1.73. The van der Waals surface area contributed by atoms with Crippen molar-refractivity contribution in [2.45, 2.75) is 19.4 Å². The van der Waals surface area contributed by atoms with Gasteiger partial charge in [0.1, 0.15) is 0 Å². The molecule has 0 amide bonds. The van der Waals surface area contributed by atoms with E-state index in [0.29, 0.717) is 6.04 Å². The van der Waals surface area contributed by atoms with Gasteiger partial charge >= 0.3 is 0 Å². The Hall–Kier alpha value is -0.550. The summed E-state index contributed by atoms with van der Waals surface area (Å²) in [5.41, 5.74) is 0. The van der Waals surface area contributed by atoms with Crippen molar-refractivity contribution in [1.82, 2.24) is 4.90 Å². The lowest BCUT2D eigenvalue weighted by molar-refractivity contribution is 0.346. The van der Waals surface area contributed by atoms with Crippen LogP contribution in [0.2, 0.25) is 0 Å². The Balaban J connectivity index is 2.54. The highest BCUT2D eigenvalue weighted by molar-refractivity contribution is 4.96. The van der Waals surface area contributed by atoms with Crippen LogP contribution in [0, 0.1) is 24.3 Å². The first-order valence-corrected chi connectivity index (χ1v) is 3.22. The lowest BCUT2D eigenvalue weighted by Crippen LogP contribution is -2.22. The molecule has 2 atom stereocenters. The molecule has 0 spiro atoms. The predicted molar refractivity (Wildman–Crippen MR) is 35.2 cm³/mol. The third kappa shape index (κ3) is 1.06.